The number of hydrogen-bond acceptors (Lipinski definition) is 1. The van der Waals surface area contributed by atoms with Gasteiger partial charge >= 0.3 is 6.18 Å². The van der Waals surface area contributed by atoms with Crippen LogP contribution in [0.25, 0.3) is 11.1 Å². The van der Waals surface area contributed by atoms with Gasteiger partial charge in [-0.25, -0.2) is 0 Å². The summed E-state index contributed by atoms with van der Waals surface area (Å²) in [5, 5.41) is 2.61. The van der Waals surface area contributed by atoms with Gasteiger partial charge in [0.05, 0.1) is 11.1 Å². The van der Waals surface area contributed by atoms with Crippen molar-refractivity contribution in [2.45, 2.75) is 13.1 Å². The quantitative estimate of drug-likeness (QED) is 0.619. The van der Waals surface area contributed by atoms with Gasteiger partial charge in [0.15, 0.2) is 0 Å². The van der Waals surface area contributed by atoms with Crippen LogP contribution in [0.15, 0.2) is 72.8 Å². The van der Waals surface area contributed by atoms with E-state index < -0.39 is 23.2 Å². The molecule has 0 aliphatic heterocycles. The van der Waals surface area contributed by atoms with Crippen molar-refractivity contribution in [2.75, 3.05) is 5.32 Å². The summed E-state index contributed by atoms with van der Waals surface area (Å²) in [7, 11) is 0. The number of anilines is 1. The molecule has 3 rings (SSSR count). The van der Waals surface area contributed by atoms with E-state index in [4.69, 9.17) is 0 Å². The first kappa shape index (κ1) is 17.7. The lowest BCUT2D eigenvalue weighted by molar-refractivity contribution is -0.137. The Morgan fingerprint density at radius 3 is 2.15 bits per heavy atom. The third-order valence-electron chi connectivity index (χ3n) is 4.01. The molecule has 0 bridgehead atoms. The van der Waals surface area contributed by atoms with E-state index in [1.54, 1.807) is 12.1 Å². The van der Waals surface area contributed by atoms with Crippen molar-refractivity contribution in [3.8, 4) is 11.1 Å². The molecule has 1 amide bonds. The van der Waals surface area contributed by atoms with Gasteiger partial charge in [0, 0.05) is 11.3 Å². The zero-order chi connectivity index (χ0) is 18.7. The molecule has 2 nitrogen and oxygen atoms in total. The number of halogens is 3. The zero-order valence-corrected chi connectivity index (χ0v) is 14.0. The Labute approximate surface area is 149 Å². The van der Waals surface area contributed by atoms with Crippen LogP contribution < -0.4 is 5.32 Å². The van der Waals surface area contributed by atoms with Gasteiger partial charge in [0.25, 0.3) is 5.91 Å². The monoisotopic (exact) mass is 355 g/mol. The lowest BCUT2D eigenvalue weighted by Crippen LogP contribution is -2.18. The molecule has 0 spiro atoms. The van der Waals surface area contributed by atoms with Crippen LogP contribution in [0, 0.1) is 6.92 Å². The smallest absolute Gasteiger partial charge is 0.321 e. The Morgan fingerprint density at radius 1 is 0.846 bits per heavy atom. The van der Waals surface area contributed by atoms with E-state index in [9.17, 15) is 18.0 Å². The third kappa shape index (κ3) is 3.77. The van der Waals surface area contributed by atoms with Crippen molar-refractivity contribution in [3.05, 3.63) is 89.5 Å². The van der Waals surface area contributed by atoms with Gasteiger partial charge in [-0.1, -0.05) is 60.2 Å². The highest BCUT2D eigenvalue weighted by atomic mass is 19.4. The second-order valence-corrected chi connectivity index (χ2v) is 5.91. The van der Waals surface area contributed by atoms with Crippen LogP contribution in [-0.2, 0) is 6.18 Å². The number of aryl methyl sites for hydroxylation is 1. The molecular weight excluding hydrogens is 339 g/mol. The highest BCUT2D eigenvalue weighted by molar-refractivity contribution is 6.07. The Morgan fingerprint density at radius 2 is 1.46 bits per heavy atom. The summed E-state index contributed by atoms with van der Waals surface area (Å²) in [4.78, 5) is 12.5. The fraction of sp³-hybridized carbons (Fsp3) is 0.0952. The highest BCUT2D eigenvalue weighted by Crippen LogP contribution is 2.33. The van der Waals surface area contributed by atoms with Crippen LogP contribution in [0.4, 0.5) is 18.9 Å². The first-order chi connectivity index (χ1) is 12.4. The summed E-state index contributed by atoms with van der Waals surface area (Å²) in [6.07, 6.45) is -4.59. The predicted octanol–water partition coefficient (Wildman–Crippen LogP) is 5.93. The van der Waals surface area contributed by atoms with Crippen LogP contribution in [0.2, 0.25) is 0 Å². The Kier molecular flexibility index (Phi) is 4.80. The Bertz CT molecular complexity index is 930. The minimum absolute atomic E-state index is 0.404. The summed E-state index contributed by atoms with van der Waals surface area (Å²) in [5.41, 5.74) is 1.80. The molecule has 0 unspecified atom stereocenters. The van der Waals surface area contributed by atoms with Gasteiger partial charge in [-0.2, -0.15) is 13.2 Å². The molecule has 5 heteroatoms. The Balaban J connectivity index is 1.96. The molecule has 0 aromatic heterocycles. The number of benzene rings is 3. The van der Waals surface area contributed by atoms with Crippen molar-refractivity contribution in [3.63, 3.8) is 0 Å². The minimum Gasteiger partial charge on any atom is -0.321 e. The van der Waals surface area contributed by atoms with Crippen molar-refractivity contribution < 1.29 is 18.0 Å². The van der Waals surface area contributed by atoms with Gasteiger partial charge in [-0.15, -0.1) is 0 Å². The van der Waals surface area contributed by atoms with Crippen molar-refractivity contribution in [1.82, 2.24) is 0 Å². The number of hydrogen-bond donors (Lipinski definition) is 1. The van der Waals surface area contributed by atoms with Crippen LogP contribution in [-0.4, -0.2) is 5.91 Å². The van der Waals surface area contributed by atoms with E-state index in [1.165, 1.54) is 18.2 Å². The molecular formula is C21H16F3NO. The molecule has 1 N–H and O–H groups in total. The second-order valence-electron chi connectivity index (χ2n) is 5.91. The molecule has 0 saturated heterocycles. The lowest BCUT2D eigenvalue weighted by Gasteiger charge is -2.15. The number of alkyl halides is 3. The van der Waals surface area contributed by atoms with Gasteiger partial charge < -0.3 is 5.32 Å². The maximum atomic E-state index is 13.1. The number of rotatable bonds is 3. The average Bonchev–Trinajstić information content (AvgIpc) is 2.62. The number of carbonyl (C=O) groups is 1. The summed E-state index contributed by atoms with van der Waals surface area (Å²) in [5.74, 6) is -0.794. The van der Waals surface area contributed by atoms with E-state index in [0.29, 0.717) is 5.69 Å². The third-order valence-corrected chi connectivity index (χ3v) is 4.01. The largest absolute Gasteiger partial charge is 0.417 e. The maximum absolute atomic E-state index is 13.1. The predicted molar refractivity (Wildman–Crippen MR) is 96.0 cm³/mol. The SMILES string of the molecule is Cc1ccc(-c2ccccc2NC(=O)c2ccccc2C(F)(F)F)cc1. The zero-order valence-electron chi connectivity index (χ0n) is 14.0. The van der Waals surface area contributed by atoms with E-state index >= 15 is 0 Å². The number of nitrogens with one attached hydrogen (secondary N) is 1. The second kappa shape index (κ2) is 7.04. The molecule has 0 aliphatic rings. The molecule has 0 saturated carbocycles. The summed E-state index contributed by atoms with van der Waals surface area (Å²) in [6, 6.07) is 19.5. The van der Waals surface area contributed by atoms with Gasteiger partial charge in [-0.05, 0) is 30.7 Å². The standard InChI is InChI=1S/C21H16F3NO/c1-14-10-12-15(13-11-14)16-6-3-5-9-19(16)25-20(26)17-7-2-4-8-18(17)21(22,23)24/h2-13H,1H3,(H,25,26). The summed E-state index contributed by atoms with van der Waals surface area (Å²) >= 11 is 0. The first-order valence-corrected chi connectivity index (χ1v) is 8.00. The maximum Gasteiger partial charge on any atom is 0.417 e. The minimum atomic E-state index is -4.59. The van der Waals surface area contributed by atoms with Crippen molar-refractivity contribution in [2.24, 2.45) is 0 Å². The van der Waals surface area contributed by atoms with Crippen molar-refractivity contribution in [1.29, 1.82) is 0 Å². The average molecular weight is 355 g/mol. The molecule has 3 aromatic rings. The normalized spacial score (nSPS) is 11.2. The fourth-order valence-electron chi connectivity index (χ4n) is 2.69. The van der Waals surface area contributed by atoms with Gasteiger partial charge in [0.1, 0.15) is 0 Å². The van der Waals surface area contributed by atoms with Crippen LogP contribution in [0.1, 0.15) is 21.5 Å². The Hall–Kier alpha value is -3.08. The molecule has 132 valence electrons. The molecule has 3 aromatic carbocycles. The molecule has 0 aliphatic carbocycles. The van der Waals surface area contributed by atoms with Crippen LogP contribution in [0.5, 0.6) is 0 Å². The summed E-state index contributed by atoms with van der Waals surface area (Å²) < 4.78 is 39.4. The van der Waals surface area contributed by atoms with E-state index in [0.717, 1.165) is 22.8 Å². The fourth-order valence-corrected chi connectivity index (χ4v) is 2.69. The number of para-hydroxylation sites is 1. The lowest BCUT2D eigenvalue weighted by atomic mass is 10.0. The first-order valence-electron chi connectivity index (χ1n) is 8.00. The molecule has 26 heavy (non-hydrogen) atoms. The topological polar surface area (TPSA) is 29.1 Å². The van der Waals surface area contributed by atoms with E-state index in [2.05, 4.69) is 5.32 Å². The van der Waals surface area contributed by atoms with Crippen molar-refractivity contribution >= 4 is 11.6 Å². The molecule has 0 fully saturated rings. The molecule has 0 radical (unpaired) electrons. The van der Waals surface area contributed by atoms with E-state index in [1.807, 2.05) is 43.3 Å². The number of amides is 1. The van der Waals surface area contributed by atoms with E-state index in [-0.39, 0.29) is 0 Å². The highest BCUT2D eigenvalue weighted by Gasteiger charge is 2.34. The van der Waals surface area contributed by atoms with Crippen LogP contribution in [0.3, 0.4) is 0 Å². The molecule has 0 heterocycles. The molecule has 0 atom stereocenters. The van der Waals surface area contributed by atoms with Gasteiger partial charge in [0.2, 0.25) is 0 Å². The van der Waals surface area contributed by atoms with Crippen LogP contribution >= 0.6 is 0 Å². The van der Waals surface area contributed by atoms with Gasteiger partial charge in [-0.3, -0.25) is 4.79 Å². The number of carbonyl (C=O) groups excluding carboxylic acids is 1. The summed E-state index contributed by atoms with van der Waals surface area (Å²) in [6.45, 7) is 1.96.